The van der Waals surface area contributed by atoms with E-state index < -0.39 is 5.97 Å². The van der Waals surface area contributed by atoms with Crippen molar-refractivity contribution in [1.82, 2.24) is 10.6 Å². The molecule has 0 aliphatic carbocycles. The number of thiocarbonyl (C=S) groups is 1. The molecular weight excluding hydrogens is 400 g/mol. The summed E-state index contributed by atoms with van der Waals surface area (Å²) in [7, 11) is 0. The van der Waals surface area contributed by atoms with Crippen LogP contribution in [0.4, 0.5) is 0 Å². The van der Waals surface area contributed by atoms with Crippen LogP contribution in [0.1, 0.15) is 77.6 Å². The standard InChI is InChI=1S/C23H38N2O4S/c1-2-3-7-11-22(30)25-16-21(26)24-15-18-17(19-13-14-20(18)29-19)10-8-5-4-6-9-12-23(27)28/h4-5,17-20H,2-3,6-16H2,1H3,(H,24,26)(H,25,30)(H,27,28)/b5-4-/t17-,18+,19-,20+/m0/s1. The van der Waals surface area contributed by atoms with Crippen LogP contribution in [-0.4, -0.2) is 47.3 Å². The summed E-state index contributed by atoms with van der Waals surface area (Å²) in [5.74, 6) is 0.119. The van der Waals surface area contributed by atoms with Crippen LogP contribution in [-0.2, 0) is 14.3 Å². The molecule has 2 heterocycles. The maximum absolute atomic E-state index is 12.2. The van der Waals surface area contributed by atoms with E-state index in [1.807, 2.05) is 0 Å². The van der Waals surface area contributed by atoms with E-state index in [2.05, 4.69) is 29.7 Å². The fraction of sp³-hybridized carbons (Fsp3) is 0.783. The average Bonchev–Trinajstić information content (AvgIpc) is 3.31. The van der Waals surface area contributed by atoms with Crippen molar-refractivity contribution in [3.8, 4) is 0 Å². The van der Waals surface area contributed by atoms with Gasteiger partial charge in [0.1, 0.15) is 0 Å². The molecule has 2 fully saturated rings. The zero-order chi connectivity index (χ0) is 21.8. The second-order valence-electron chi connectivity index (χ2n) is 8.49. The van der Waals surface area contributed by atoms with Crippen molar-refractivity contribution >= 4 is 29.1 Å². The van der Waals surface area contributed by atoms with Crippen molar-refractivity contribution < 1.29 is 19.4 Å². The van der Waals surface area contributed by atoms with Crippen LogP contribution in [0.15, 0.2) is 12.2 Å². The van der Waals surface area contributed by atoms with E-state index in [-0.39, 0.29) is 25.0 Å². The van der Waals surface area contributed by atoms with Crippen LogP contribution in [0, 0.1) is 11.8 Å². The number of rotatable bonds is 15. The zero-order valence-corrected chi connectivity index (χ0v) is 19.1. The summed E-state index contributed by atoms with van der Waals surface area (Å²) in [5.41, 5.74) is 0. The second-order valence-corrected chi connectivity index (χ2v) is 8.98. The molecule has 170 valence electrons. The number of nitrogens with one attached hydrogen (secondary N) is 2. The van der Waals surface area contributed by atoms with Gasteiger partial charge in [-0.1, -0.05) is 44.1 Å². The number of hydrogen-bond acceptors (Lipinski definition) is 4. The lowest BCUT2D eigenvalue weighted by molar-refractivity contribution is -0.137. The highest BCUT2D eigenvalue weighted by Gasteiger charge is 2.48. The summed E-state index contributed by atoms with van der Waals surface area (Å²) in [6.45, 7) is 3.07. The van der Waals surface area contributed by atoms with Crippen molar-refractivity contribution in [1.29, 1.82) is 0 Å². The van der Waals surface area contributed by atoms with E-state index in [0.717, 1.165) is 62.8 Å². The summed E-state index contributed by atoms with van der Waals surface area (Å²) >= 11 is 5.29. The van der Waals surface area contributed by atoms with Crippen molar-refractivity contribution in [2.75, 3.05) is 13.1 Å². The third-order valence-corrected chi connectivity index (χ3v) is 6.52. The van der Waals surface area contributed by atoms with Crippen LogP contribution < -0.4 is 10.6 Å². The first kappa shape index (κ1) is 24.8. The number of hydrogen-bond donors (Lipinski definition) is 3. The van der Waals surface area contributed by atoms with Gasteiger partial charge in [0.25, 0.3) is 0 Å². The molecule has 2 aliphatic heterocycles. The molecule has 0 saturated carbocycles. The minimum absolute atomic E-state index is 0.00677. The minimum Gasteiger partial charge on any atom is -0.481 e. The van der Waals surface area contributed by atoms with Crippen molar-refractivity contribution in [3.05, 3.63) is 12.2 Å². The number of allylic oxidation sites excluding steroid dienone is 2. The molecule has 6 nitrogen and oxygen atoms in total. The molecule has 0 aromatic rings. The monoisotopic (exact) mass is 438 g/mol. The smallest absolute Gasteiger partial charge is 0.303 e. The Bertz CT molecular complexity index is 596. The summed E-state index contributed by atoms with van der Waals surface area (Å²) in [5, 5.41) is 14.8. The molecule has 1 amide bonds. The van der Waals surface area contributed by atoms with E-state index in [1.54, 1.807) is 0 Å². The zero-order valence-electron chi connectivity index (χ0n) is 18.2. The normalized spacial score (nSPS) is 25.0. The molecule has 0 radical (unpaired) electrons. The van der Waals surface area contributed by atoms with Gasteiger partial charge in [0.15, 0.2) is 0 Å². The number of carbonyl (C=O) groups is 2. The van der Waals surface area contributed by atoms with E-state index in [9.17, 15) is 9.59 Å². The third-order valence-electron chi connectivity index (χ3n) is 6.17. The van der Waals surface area contributed by atoms with E-state index in [1.165, 1.54) is 0 Å². The Balaban J connectivity index is 1.65. The molecule has 0 aromatic heterocycles. The Morgan fingerprint density at radius 1 is 1.03 bits per heavy atom. The summed E-state index contributed by atoms with van der Waals surface area (Å²) in [6, 6.07) is 0. The Kier molecular flexibility index (Phi) is 11.4. The number of carboxylic acids is 1. The lowest BCUT2D eigenvalue weighted by atomic mass is 9.77. The third kappa shape index (κ3) is 8.72. The van der Waals surface area contributed by atoms with Gasteiger partial charge in [-0.3, -0.25) is 9.59 Å². The molecule has 2 bridgehead atoms. The maximum atomic E-state index is 12.2. The molecule has 30 heavy (non-hydrogen) atoms. The fourth-order valence-electron chi connectivity index (χ4n) is 4.55. The van der Waals surface area contributed by atoms with Gasteiger partial charge in [0.05, 0.1) is 23.7 Å². The van der Waals surface area contributed by atoms with Gasteiger partial charge < -0.3 is 20.5 Å². The maximum Gasteiger partial charge on any atom is 0.303 e. The average molecular weight is 439 g/mol. The topological polar surface area (TPSA) is 87.7 Å². The van der Waals surface area contributed by atoms with Crippen molar-refractivity contribution in [2.24, 2.45) is 11.8 Å². The molecule has 7 heteroatoms. The Labute approximate surface area is 186 Å². The highest BCUT2D eigenvalue weighted by atomic mass is 32.1. The van der Waals surface area contributed by atoms with E-state index >= 15 is 0 Å². The van der Waals surface area contributed by atoms with Crippen LogP contribution in [0.5, 0.6) is 0 Å². The molecule has 2 saturated heterocycles. The summed E-state index contributed by atoms with van der Waals surface area (Å²) in [6.07, 6.45) is 15.0. The van der Waals surface area contributed by atoms with Gasteiger partial charge in [-0.2, -0.15) is 0 Å². The molecule has 4 atom stereocenters. The Hall–Kier alpha value is -1.47. The molecule has 3 N–H and O–H groups in total. The Morgan fingerprint density at radius 3 is 2.50 bits per heavy atom. The molecular formula is C23H38N2O4S. The van der Waals surface area contributed by atoms with Gasteiger partial charge in [0.2, 0.25) is 5.91 Å². The number of ether oxygens (including phenoxy) is 1. The molecule has 0 aromatic carbocycles. The molecule has 2 rings (SSSR count). The van der Waals surface area contributed by atoms with E-state index in [0.29, 0.717) is 30.9 Å². The first-order valence-electron chi connectivity index (χ1n) is 11.6. The largest absolute Gasteiger partial charge is 0.481 e. The molecule has 2 aliphatic rings. The number of aliphatic carboxylic acids is 1. The molecule has 0 spiro atoms. The number of carbonyl (C=O) groups excluding carboxylic acids is 1. The number of amides is 1. The SMILES string of the molecule is CCCCCC(=S)NCC(=O)NC[C@@H]1[C@H](CC/C=C\CCCC(=O)O)[C@@H]2CC[C@H]1O2. The highest BCUT2D eigenvalue weighted by Crippen LogP contribution is 2.45. The minimum atomic E-state index is -0.735. The summed E-state index contributed by atoms with van der Waals surface area (Å²) in [4.78, 5) is 23.5. The quantitative estimate of drug-likeness (QED) is 0.204. The number of carboxylic acid groups (broad SMARTS) is 1. The van der Waals surface area contributed by atoms with Crippen LogP contribution >= 0.6 is 12.2 Å². The lowest BCUT2D eigenvalue weighted by Gasteiger charge is -2.28. The lowest BCUT2D eigenvalue weighted by Crippen LogP contribution is -2.42. The van der Waals surface area contributed by atoms with Crippen molar-refractivity contribution in [3.63, 3.8) is 0 Å². The van der Waals surface area contributed by atoms with Gasteiger partial charge in [0, 0.05) is 18.9 Å². The predicted molar refractivity (Wildman–Crippen MR) is 122 cm³/mol. The second kappa shape index (κ2) is 13.8. The Morgan fingerprint density at radius 2 is 1.77 bits per heavy atom. The van der Waals surface area contributed by atoms with E-state index in [4.69, 9.17) is 22.1 Å². The van der Waals surface area contributed by atoms with Gasteiger partial charge >= 0.3 is 5.97 Å². The molecule has 0 unspecified atom stereocenters. The van der Waals surface area contributed by atoms with Gasteiger partial charge in [-0.15, -0.1) is 0 Å². The highest BCUT2D eigenvalue weighted by molar-refractivity contribution is 7.80. The van der Waals surface area contributed by atoms with Crippen LogP contribution in [0.2, 0.25) is 0 Å². The summed E-state index contributed by atoms with van der Waals surface area (Å²) < 4.78 is 6.13. The van der Waals surface area contributed by atoms with Gasteiger partial charge in [-0.05, 0) is 57.3 Å². The first-order chi connectivity index (χ1) is 14.5. The van der Waals surface area contributed by atoms with Gasteiger partial charge in [-0.25, -0.2) is 0 Å². The fourth-order valence-corrected chi connectivity index (χ4v) is 4.76. The van der Waals surface area contributed by atoms with Crippen molar-refractivity contribution in [2.45, 2.75) is 89.8 Å². The predicted octanol–water partition coefficient (Wildman–Crippen LogP) is 3.98. The van der Waals surface area contributed by atoms with Crippen LogP contribution in [0.25, 0.3) is 0 Å². The number of fused-ring (bicyclic) bond motifs is 2. The first-order valence-corrected chi connectivity index (χ1v) is 12.0. The number of unbranched alkanes of at least 4 members (excludes halogenated alkanes) is 3. The van der Waals surface area contributed by atoms with Crippen LogP contribution in [0.3, 0.4) is 0 Å².